The van der Waals surface area contributed by atoms with Crippen LogP contribution < -0.4 is 10.1 Å². The summed E-state index contributed by atoms with van der Waals surface area (Å²) in [4.78, 5) is 16.2. The van der Waals surface area contributed by atoms with Crippen LogP contribution in [-0.2, 0) is 16.1 Å². The van der Waals surface area contributed by atoms with Gasteiger partial charge in [-0.3, -0.25) is 9.78 Å². The molecule has 1 aliphatic heterocycles. The van der Waals surface area contributed by atoms with Crippen molar-refractivity contribution in [2.75, 3.05) is 13.7 Å². The quantitative estimate of drug-likeness (QED) is 0.914. The van der Waals surface area contributed by atoms with Crippen LogP contribution in [0.1, 0.15) is 32.3 Å². The number of pyridine rings is 1. The largest absolute Gasteiger partial charge is 0.495 e. The molecule has 1 amide bonds. The Balaban J connectivity index is 1.92. The summed E-state index contributed by atoms with van der Waals surface area (Å²) >= 11 is 0. The SMILES string of the molecule is COc1cnccc1CNC(=O)C1CCOC(C)(C)C1. The lowest BCUT2D eigenvalue weighted by molar-refractivity contribution is -0.135. The maximum absolute atomic E-state index is 12.2. The van der Waals surface area contributed by atoms with Crippen LogP contribution in [0.5, 0.6) is 5.75 Å². The topological polar surface area (TPSA) is 60.5 Å². The number of methoxy groups -OCH3 is 1. The highest BCUT2D eigenvalue weighted by atomic mass is 16.5. The zero-order chi connectivity index (χ0) is 14.6. The van der Waals surface area contributed by atoms with Crippen LogP contribution in [0.2, 0.25) is 0 Å². The van der Waals surface area contributed by atoms with Crippen molar-refractivity contribution in [3.05, 3.63) is 24.0 Å². The number of ether oxygens (including phenoxy) is 2. The van der Waals surface area contributed by atoms with Crippen molar-refractivity contribution in [1.82, 2.24) is 10.3 Å². The number of rotatable bonds is 4. The second-order valence-corrected chi connectivity index (χ2v) is 5.70. The lowest BCUT2D eigenvalue weighted by Gasteiger charge is -2.34. The molecule has 1 fully saturated rings. The number of amides is 1. The zero-order valence-corrected chi connectivity index (χ0v) is 12.3. The number of carbonyl (C=O) groups excluding carboxylic acids is 1. The summed E-state index contributed by atoms with van der Waals surface area (Å²) < 4.78 is 10.9. The van der Waals surface area contributed by atoms with E-state index in [0.717, 1.165) is 18.4 Å². The Labute approximate surface area is 119 Å². The standard InChI is InChI=1S/C15H22N2O3/c1-15(2)8-11(5-7-20-15)14(18)17-9-12-4-6-16-10-13(12)19-3/h4,6,10-11H,5,7-9H2,1-3H3,(H,17,18). The molecule has 0 bridgehead atoms. The van der Waals surface area contributed by atoms with E-state index >= 15 is 0 Å². The van der Waals surface area contributed by atoms with E-state index < -0.39 is 0 Å². The molecule has 0 saturated carbocycles. The number of aromatic nitrogens is 1. The molecule has 2 heterocycles. The third-order valence-electron chi connectivity index (χ3n) is 3.61. The minimum atomic E-state index is -0.214. The lowest BCUT2D eigenvalue weighted by atomic mass is 9.88. The van der Waals surface area contributed by atoms with E-state index in [1.807, 2.05) is 19.9 Å². The van der Waals surface area contributed by atoms with Gasteiger partial charge < -0.3 is 14.8 Å². The molecule has 1 atom stereocenters. The summed E-state index contributed by atoms with van der Waals surface area (Å²) in [5.74, 6) is 0.798. The smallest absolute Gasteiger partial charge is 0.223 e. The van der Waals surface area contributed by atoms with Gasteiger partial charge in [-0.15, -0.1) is 0 Å². The van der Waals surface area contributed by atoms with E-state index in [-0.39, 0.29) is 17.4 Å². The van der Waals surface area contributed by atoms with Gasteiger partial charge >= 0.3 is 0 Å². The summed E-state index contributed by atoms with van der Waals surface area (Å²) in [6.45, 7) is 5.16. The van der Waals surface area contributed by atoms with Gasteiger partial charge in [-0.1, -0.05) is 0 Å². The van der Waals surface area contributed by atoms with Crippen molar-refractivity contribution < 1.29 is 14.3 Å². The first kappa shape index (κ1) is 14.8. The molecule has 1 N–H and O–H groups in total. The van der Waals surface area contributed by atoms with Crippen LogP contribution in [0.25, 0.3) is 0 Å². The Morgan fingerprint density at radius 1 is 1.60 bits per heavy atom. The molecule has 5 heteroatoms. The van der Waals surface area contributed by atoms with Gasteiger partial charge in [0, 0.05) is 30.8 Å². The zero-order valence-electron chi connectivity index (χ0n) is 12.3. The predicted octanol–water partition coefficient (Wildman–Crippen LogP) is 1.91. The average molecular weight is 278 g/mol. The number of carbonyl (C=O) groups is 1. The molecule has 0 spiro atoms. The van der Waals surface area contributed by atoms with Gasteiger partial charge in [-0.25, -0.2) is 0 Å². The lowest BCUT2D eigenvalue weighted by Crippen LogP contribution is -2.41. The normalized spacial score (nSPS) is 21.2. The van der Waals surface area contributed by atoms with Gasteiger partial charge in [0.2, 0.25) is 5.91 Å². The molecule has 5 nitrogen and oxygen atoms in total. The molecule has 1 aromatic rings. The molecule has 110 valence electrons. The van der Waals surface area contributed by atoms with Gasteiger partial charge in [0.1, 0.15) is 5.75 Å². The Morgan fingerprint density at radius 2 is 2.40 bits per heavy atom. The van der Waals surface area contributed by atoms with Crippen LogP contribution in [0.4, 0.5) is 0 Å². The summed E-state index contributed by atoms with van der Waals surface area (Å²) in [6, 6.07) is 1.85. The van der Waals surface area contributed by atoms with Crippen molar-refractivity contribution in [1.29, 1.82) is 0 Å². The van der Waals surface area contributed by atoms with E-state index in [2.05, 4.69) is 10.3 Å². The number of hydrogen-bond acceptors (Lipinski definition) is 4. The molecule has 1 aliphatic rings. The highest BCUT2D eigenvalue weighted by molar-refractivity contribution is 5.78. The van der Waals surface area contributed by atoms with E-state index in [0.29, 0.717) is 18.9 Å². The summed E-state index contributed by atoms with van der Waals surface area (Å²) in [5, 5.41) is 2.98. The monoisotopic (exact) mass is 278 g/mol. The maximum Gasteiger partial charge on any atom is 0.223 e. The fourth-order valence-electron chi connectivity index (χ4n) is 2.52. The first-order chi connectivity index (χ1) is 9.52. The molecular formula is C15H22N2O3. The van der Waals surface area contributed by atoms with Crippen LogP contribution in [0.15, 0.2) is 18.5 Å². The van der Waals surface area contributed by atoms with Crippen LogP contribution in [-0.4, -0.2) is 30.2 Å². The Bertz CT molecular complexity index is 474. The molecule has 0 aliphatic carbocycles. The van der Waals surface area contributed by atoms with Crippen LogP contribution >= 0.6 is 0 Å². The van der Waals surface area contributed by atoms with Gasteiger partial charge in [-0.2, -0.15) is 0 Å². The molecule has 1 unspecified atom stereocenters. The summed E-state index contributed by atoms with van der Waals surface area (Å²) in [7, 11) is 1.60. The Morgan fingerprint density at radius 3 is 3.10 bits per heavy atom. The molecule has 0 aromatic carbocycles. The first-order valence-corrected chi connectivity index (χ1v) is 6.90. The Kier molecular flexibility index (Phi) is 4.60. The molecule has 20 heavy (non-hydrogen) atoms. The summed E-state index contributed by atoms with van der Waals surface area (Å²) in [5.41, 5.74) is 0.719. The highest BCUT2D eigenvalue weighted by Crippen LogP contribution is 2.28. The molecule has 1 saturated heterocycles. The number of nitrogens with zero attached hydrogens (tertiary/aromatic N) is 1. The Hall–Kier alpha value is -1.62. The van der Waals surface area contributed by atoms with Crippen molar-refractivity contribution in [3.63, 3.8) is 0 Å². The van der Waals surface area contributed by atoms with Gasteiger partial charge in [0.25, 0.3) is 0 Å². The van der Waals surface area contributed by atoms with E-state index in [9.17, 15) is 4.79 Å². The van der Waals surface area contributed by atoms with Crippen molar-refractivity contribution in [3.8, 4) is 5.75 Å². The van der Waals surface area contributed by atoms with Crippen molar-refractivity contribution in [2.24, 2.45) is 5.92 Å². The molecule has 0 radical (unpaired) electrons. The molecule has 1 aromatic heterocycles. The minimum Gasteiger partial charge on any atom is -0.495 e. The highest BCUT2D eigenvalue weighted by Gasteiger charge is 2.32. The fourth-order valence-corrected chi connectivity index (χ4v) is 2.52. The van der Waals surface area contributed by atoms with Gasteiger partial charge in [0.05, 0.1) is 18.9 Å². The van der Waals surface area contributed by atoms with E-state index in [1.54, 1.807) is 19.5 Å². The van der Waals surface area contributed by atoms with Crippen molar-refractivity contribution in [2.45, 2.75) is 38.8 Å². The molecule has 2 rings (SSSR count). The van der Waals surface area contributed by atoms with Crippen LogP contribution in [0.3, 0.4) is 0 Å². The second-order valence-electron chi connectivity index (χ2n) is 5.70. The van der Waals surface area contributed by atoms with Gasteiger partial charge in [0.15, 0.2) is 0 Å². The molecular weight excluding hydrogens is 256 g/mol. The predicted molar refractivity (Wildman–Crippen MR) is 75.4 cm³/mol. The van der Waals surface area contributed by atoms with E-state index in [4.69, 9.17) is 9.47 Å². The van der Waals surface area contributed by atoms with Crippen molar-refractivity contribution >= 4 is 5.91 Å². The maximum atomic E-state index is 12.2. The second kappa shape index (κ2) is 6.22. The number of nitrogens with one attached hydrogen (secondary N) is 1. The fraction of sp³-hybridized carbons (Fsp3) is 0.600. The minimum absolute atomic E-state index is 0.0200. The first-order valence-electron chi connectivity index (χ1n) is 6.90. The average Bonchev–Trinajstić information content (AvgIpc) is 2.44. The van der Waals surface area contributed by atoms with Crippen LogP contribution in [0, 0.1) is 5.92 Å². The third kappa shape index (κ3) is 3.70. The number of hydrogen-bond donors (Lipinski definition) is 1. The van der Waals surface area contributed by atoms with Gasteiger partial charge in [-0.05, 0) is 32.8 Å². The summed E-state index contributed by atoms with van der Waals surface area (Å²) in [6.07, 6.45) is 4.88. The third-order valence-corrected chi connectivity index (χ3v) is 3.61. The van der Waals surface area contributed by atoms with E-state index in [1.165, 1.54) is 0 Å².